The molecule has 0 atom stereocenters. The van der Waals surface area contributed by atoms with Gasteiger partial charge >= 0.3 is 0 Å². The molecule has 2 aromatic rings. The standard InChI is InChI=1S/C14H16N2/c1-3-4-5-8-12-11(2)15-13-9-6-7-10-14(13)16-12/h3-4,6-7,9-10H,5,8H2,1-2H3/b4-3+. The average Bonchev–Trinajstić information content (AvgIpc) is 2.30. The smallest absolute Gasteiger partial charge is 0.0890 e. The van der Waals surface area contributed by atoms with E-state index in [2.05, 4.69) is 22.1 Å². The Hall–Kier alpha value is -1.70. The fourth-order valence-electron chi connectivity index (χ4n) is 1.75. The number of nitrogens with zero attached hydrogens (tertiary/aromatic N) is 2. The molecule has 0 unspecified atom stereocenters. The fraction of sp³-hybridized carbons (Fsp3) is 0.286. The summed E-state index contributed by atoms with van der Waals surface area (Å²) in [7, 11) is 0. The minimum absolute atomic E-state index is 0.966. The largest absolute Gasteiger partial charge is 0.250 e. The summed E-state index contributed by atoms with van der Waals surface area (Å²) in [4.78, 5) is 9.22. The average molecular weight is 212 g/mol. The van der Waals surface area contributed by atoms with Crippen molar-refractivity contribution in [1.82, 2.24) is 9.97 Å². The van der Waals surface area contributed by atoms with Gasteiger partial charge in [0.05, 0.1) is 22.4 Å². The first kappa shape index (κ1) is 10.8. The van der Waals surface area contributed by atoms with Crippen LogP contribution in [0, 0.1) is 6.92 Å². The molecule has 0 fully saturated rings. The van der Waals surface area contributed by atoms with E-state index in [1.165, 1.54) is 0 Å². The molecule has 2 heteroatoms. The SMILES string of the molecule is C/C=C/CCc1nc2ccccc2nc1C. The Kier molecular flexibility index (Phi) is 3.30. The highest BCUT2D eigenvalue weighted by Gasteiger charge is 2.03. The Bertz CT molecular complexity index is 515. The minimum atomic E-state index is 0.966. The molecule has 0 aliphatic heterocycles. The van der Waals surface area contributed by atoms with Gasteiger partial charge in [-0.1, -0.05) is 24.3 Å². The number of para-hydroxylation sites is 2. The van der Waals surface area contributed by atoms with Crippen molar-refractivity contribution in [3.8, 4) is 0 Å². The third kappa shape index (κ3) is 2.27. The number of aromatic nitrogens is 2. The molecule has 1 aromatic carbocycles. The topological polar surface area (TPSA) is 25.8 Å². The first-order valence-corrected chi connectivity index (χ1v) is 5.64. The molecule has 0 spiro atoms. The Balaban J connectivity index is 2.34. The van der Waals surface area contributed by atoms with Gasteiger partial charge in [0.15, 0.2) is 0 Å². The molecule has 2 nitrogen and oxygen atoms in total. The number of aryl methyl sites for hydroxylation is 2. The summed E-state index contributed by atoms with van der Waals surface area (Å²) in [6.45, 7) is 4.07. The second kappa shape index (κ2) is 4.88. The van der Waals surface area contributed by atoms with E-state index in [0.717, 1.165) is 35.3 Å². The molecule has 82 valence electrons. The molecular formula is C14H16N2. The van der Waals surface area contributed by atoms with E-state index in [1.807, 2.05) is 38.1 Å². The van der Waals surface area contributed by atoms with Crippen molar-refractivity contribution in [3.05, 3.63) is 47.8 Å². The van der Waals surface area contributed by atoms with Crippen LogP contribution in [-0.4, -0.2) is 9.97 Å². The van der Waals surface area contributed by atoms with E-state index in [9.17, 15) is 0 Å². The predicted octanol–water partition coefficient (Wildman–Crippen LogP) is 3.45. The van der Waals surface area contributed by atoms with Crippen LogP contribution < -0.4 is 0 Å². The number of rotatable bonds is 3. The zero-order valence-electron chi connectivity index (χ0n) is 9.77. The Morgan fingerprint density at radius 1 is 1.12 bits per heavy atom. The summed E-state index contributed by atoms with van der Waals surface area (Å²) in [6, 6.07) is 8.02. The molecule has 2 rings (SSSR count). The normalized spacial score (nSPS) is 11.4. The van der Waals surface area contributed by atoms with Gasteiger partial charge < -0.3 is 0 Å². The van der Waals surface area contributed by atoms with Crippen molar-refractivity contribution < 1.29 is 0 Å². The minimum Gasteiger partial charge on any atom is -0.250 e. The molecule has 0 saturated heterocycles. The molecule has 1 aromatic heterocycles. The van der Waals surface area contributed by atoms with Gasteiger partial charge in [-0.3, -0.25) is 0 Å². The molecule has 0 bridgehead atoms. The summed E-state index contributed by atoms with van der Waals surface area (Å²) in [5.74, 6) is 0. The zero-order valence-corrected chi connectivity index (χ0v) is 9.77. The lowest BCUT2D eigenvalue weighted by atomic mass is 10.1. The highest BCUT2D eigenvalue weighted by atomic mass is 14.8. The fourth-order valence-corrected chi connectivity index (χ4v) is 1.75. The van der Waals surface area contributed by atoms with Crippen molar-refractivity contribution in [2.75, 3.05) is 0 Å². The molecule has 0 aliphatic carbocycles. The Morgan fingerprint density at radius 3 is 2.50 bits per heavy atom. The molecular weight excluding hydrogens is 196 g/mol. The molecule has 0 aliphatic rings. The highest BCUT2D eigenvalue weighted by molar-refractivity contribution is 5.74. The quantitative estimate of drug-likeness (QED) is 0.728. The summed E-state index contributed by atoms with van der Waals surface area (Å²) < 4.78 is 0. The van der Waals surface area contributed by atoms with E-state index in [4.69, 9.17) is 0 Å². The third-order valence-corrected chi connectivity index (χ3v) is 2.63. The van der Waals surface area contributed by atoms with Crippen molar-refractivity contribution in [3.63, 3.8) is 0 Å². The van der Waals surface area contributed by atoms with Gasteiger partial charge in [0.25, 0.3) is 0 Å². The zero-order chi connectivity index (χ0) is 11.4. The van der Waals surface area contributed by atoms with E-state index in [0.29, 0.717) is 0 Å². The third-order valence-electron chi connectivity index (χ3n) is 2.63. The van der Waals surface area contributed by atoms with E-state index in [1.54, 1.807) is 0 Å². The van der Waals surface area contributed by atoms with Crippen LogP contribution in [-0.2, 0) is 6.42 Å². The molecule has 0 amide bonds. The van der Waals surface area contributed by atoms with Crippen LogP contribution in [0.1, 0.15) is 24.7 Å². The number of hydrogen-bond donors (Lipinski definition) is 0. The first-order chi connectivity index (χ1) is 7.81. The van der Waals surface area contributed by atoms with Gasteiger partial charge in [0, 0.05) is 0 Å². The van der Waals surface area contributed by atoms with Gasteiger partial charge in [0.2, 0.25) is 0 Å². The van der Waals surface area contributed by atoms with E-state index in [-0.39, 0.29) is 0 Å². The summed E-state index contributed by atoms with van der Waals surface area (Å²) in [6.07, 6.45) is 6.23. The number of benzene rings is 1. The van der Waals surface area contributed by atoms with Crippen LogP contribution in [0.25, 0.3) is 11.0 Å². The molecule has 16 heavy (non-hydrogen) atoms. The van der Waals surface area contributed by atoms with E-state index >= 15 is 0 Å². The van der Waals surface area contributed by atoms with Crippen LogP contribution in [0.3, 0.4) is 0 Å². The van der Waals surface area contributed by atoms with Crippen LogP contribution in [0.15, 0.2) is 36.4 Å². The maximum atomic E-state index is 4.65. The maximum Gasteiger partial charge on any atom is 0.0890 e. The highest BCUT2D eigenvalue weighted by Crippen LogP contribution is 2.13. The molecule has 1 heterocycles. The number of fused-ring (bicyclic) bond motifs is 1. The lowest BCUT2D eigenvalue weighted by molar-refractivity contribution is 0.916. The molecule has 0 saturated carbocycles. The monoisotopic (exact) mass is 212 g/mol. The summed E-state index contributed by atoms with van der Waals surface area (Å²) >= 11 is 0. The maximum absolute atomic E-state index is 4.65. The van der Waals surface area contributed by atoms with Gasteiger partial charge in [-0.2, -0.15) is 0 Å². The van der Waals surface area contributed by atoms with Gasteiger partial charge in [-0.25, -0.2) is 9.97 Å². The summed E-state index contributed by atoms with van der Waals surface area (Å²) in [5, 5.41) is 0. The van der Waals surface area contributed by atoms with Gasteiger partial charge in [0.1, 0.15) is 0 Å². The Morgan fingerprint density at radius 2 is 1.81 bits per heavy atom. The van der Waals surface area contributed by atoms with Crippen molar-refractivity contribution in [2.24, 2.45) is 0 Å². The van der Waals surface area contributed by atoms with Crippen molar-refractivity contribution in [2.45, 2.75) is 26.7 Å². The predicted molar refractivity (Wildman–Crippen MR) is 67.4 cm³/mol. The van der Waals surface area contributed by atoms with E-state index < -0.39 is 0 Å². The van der Waals surface area contributed by atoms with Crippen LogP contribution in [0.4, 0.5) is 0 Å². The van der Waals surface area contributed by atoms with Crippen LogP contribution >= 0.6 is 0 Å². The first-order valence-electron chi connectivity index (χ1n) is 5.64. The second-order valence-corrected chi connectivity index (χ2v) is 3.85. The lowest BCUT2D eigenvalue weighted by Crippen LogP contribution is -1.98. The lowest BCUT2D eigenvalue weighted by Gasteiger charge is -2.04. The summed E-state index contributed by atoms with van der Waals surface area (Å²) in [5.41, 5.74) is 4.12. The van der Waals surface area contributed by atoms with Crippen LogP contribution in [0.5, 0.6) is 0 Å². The molecule has 0 N–H and O–H groups in total. The second-order valence-electron chi connectivity index (χ2n) is 3.85. The molecule has 0 radical (unpaired) electrons. The van der Waals surface area contributed by atoms with Gasteiger partial charge in [-0.15, -0.1) is 0 Å². The van der Waals surface area contributed by atoms with Crippen molar-refractivity contribution >= 4 is 11.0 Å². The Labute approximate surface area is 96.1 Å². The van der Waals surface area contributed by atoms with Crippen molar-refractivity contribution in [1.29, 1.82) is 0 Å². The number of hydrogen-bond acceptors (Lipinski definition) is 2. The van der Waals surface area contributed by atoms with Crippen LogP contribution in [0.2, 0.25) is 0 Å². The van der Waals surface area contributed by atoms with Gasteiger partial charge in [-0.05, 0) is 38.8 Å². The number of allylic oxidation sites excluding steroid dienone is 2.